The molecule has 0 aliphatic heterocycles. The smallest absolute Gasteiger partial charge is 0.225 e. The van der Waals surface area contributed by atoms with Gasteiger partial charge < -0.3 is 10.5 Å². The predicted molar refractivity (Wildman–Crippen MR) is 72.0 cm³/mol. The van der Waals surface area contributed by atoms with E-state index >= 15 is 0 Å². The summed E-state index contributed by atoms with van der Waals surface area (Å²) in [6.45, 7) is 4.20. The van der Waals surface area contributed by atoms with Crippen LogP contribution in [0.5, 0.6) is 5.88 Å². The van der Waals surface area contributed by atoms with E-state index in [1.165, 1.54) is 12.8 Å². The van der Waals surface area contributed by atoms with Crippen molar-refractivity contribution in [2.75, 3.05) is 0 Å². The largest absolute Gasteiger partial charge is 0.474 e. The maximum Gasteiger partial charge on any atom is 0.225 e. The average Bonchev–Trinajstić information content (AvgIpc) is 2.32. The molecule has 2 rings (SSSR count). The topological polar surface area (TPSA) is 72.0 Å². The van der Waals surface area contributed by atoms with Crippen LogP contribution in [0.3, 0.4) is 0 Å². The summed E-state index contributed by atoms with van der Waals surface area (Å²) in [4.78, 5) is 4.23. The minimum absolute atomic E-state index is 0.0276. The van der Waals surface area contributed by atoms with Crippen LogP contribution in [0.15, 0.2) is 12.3 Å². The zero-order valence-electron chi connectivity index (χ0n) is 11.1. The number of nitrogens with one attached hydrogen (secondary N) is 1. The number of nitrogens with zero attached hydrogens (tertiary/aromatic N) is 1. The Morgan fingerprint density at radius 1 is 1.39 bits per heavy atom. The monoisotopic (exact) mass is 247 g/mol. The molecule has 0 unspecified atom stereocenters. The van der Waals surface area contributed by atoms with E-state index in [9.17, 15) is 0 Å². The van der Waals surface area contributed by atoms with Gasteiger partial charge in [0.1, 0.15) is 11.9 Å². The SMILES string of the molecule is Cc1ccnc(OC2CCC(C)CC2)c1C(=N)N. The van der Waals surface area contributed by atoms with E-state index in [2.05, 4.69) is 11.9 Å². The molecule has 0 saturated heterocycles. The van der Waals surface area contributed by atoms with Gasteiger partial charge in [-0.2, -0.15) is 0 Å². The molecule has 1 aliphatic carbocycles. The summed E-state index contributed by atoms with van der Waals surface area (Å²) < 4.78 is 5.94. The van der Waals surface area contributed by atoms with Crippen molar-refractivity contribution in [1.82, 2.24) is 4.98 Å². The van der Waals surface area contributed by atoms with E-state index in [4.69, 9.17) is 15.9 Å². The summed E-state index contributed by atoms with van der Waals surface area (Å²) in [6.07, 6.45) is 6.45. The van der Waals surface area contributed by atoms with Crippen molar-refractivity contribution in [3.63, 3.8) is 0 Å². The lowest BCUT2D eigenvalue weighted by atomic mass is 9.89. The van der Waals surface area contributed by atoms with Crippen LogP contribution in [0, 0.1) is 18.3 Å². The number of rotatable bonds is 3. The van der Waals surface area contributed by atoms with Crippen LogP contribution in [0.2, 0.25) is 0 Å². The molecule has 1 fully saturated rings. The van der Waals surface area contributed by atoms with Crippen LogP contribution in [-0.2, 0) is 0 Å². The Hall–Kier alpha value is -1.58. The third-order valence-electron chi connectivity index (χ3n) is 3.64. The van der Waals surface area contributed by atoms with Gasteiger partial charge in [-0.05, 0) is 50.2 Å². The Kier molecular flexibility index (Phi) is 3.84. The highest BCUT2D eigenvalue weighted by Crippen LogP contribution is 2.28. The van der Waals surface area contributed by atoms with Gasteiger partial charge in [0.05, 0.1) is 5.56 Å². The van der Waals surface area contributed by atoms with Crippen LogP contribution >= 0.6 is 0 Å². The lowest BCUT2D eigenvalue weighted by Gasteiger charge is -2.27. The Labute approximate surface area is 108 Å². The van der Waals surface area contributed by atoms with Crippen LogP contribution in [0.4, 0.5) is 0 Å². The maximum atomic E-state index is 7.62. The number of pyridine rings is 1. The van der Waals surface area contributed by atoms with Crippen molar-refractivity contribution in [3.8, 4) is 5.88 Å². The molecule has 0 spiro atoms. The summed E-state index contributed by atoms with van der Waals surface area (Å²) in [6, 6.07) is 1.85. The summed E-state index contributed by atoms with van der Waals surface area (Å²) in [5, 5.41) is 7.62. The van der Waals surface area contributed by atoms with Gasteiger partial charge in [-0.1, -0.05) is 6.92 Å². The fraction of sp³-hybridized carbons (Fsp3) is 0.571. The van der Waals surface area contributed by atoms with Crippen molar-refractivity contribution in [3.05, 3.63) is 23.4 Å². The van der Waals surface area contributed by atoms with Crippen molar-refractivity contribution in [2.24, 2.45) is 11.7 Å². The lowest BCUT2D eigenvalue weighted by molar-refractivity contribution is 0.130. The Balaban J connectivity index is 2.14. The van der Waals surface area contributed by atoms with Crippen LogP contribution < -0.4 is 10.5 Å². The normalized spacial score (nSPS) is 23.7. The van der Waals surface area contributed by atoms with E-state index < -0.39 is 0 Å². The predicted octanol–water partition coefficient (Wildman–Crippen LogP) is 2.63. The van der Waals surface area contributed by atoms with Gasteiger partial charge in [0.15, 0.2) is 0 Å². The summed E-state index contributed by atoms with van der Waals surface area (Å²) in [7, 11) is 0. The second kappa shape index (κ2) is 5.38. The molecule has 4 nitrogen and oxygen atoms in total. The summed E-state index contributed by atoms with van der Waals surface area (Å²) in [5.74, 6) is 1.34. The number of nitrogen functional groups attached to an aromatic ring is 1. The molecule has 0 aromatic carbocycles. The minimum atomic E-state index is 0.0276. The van der Waals surface area contributed by atoms with Gasteiger partial charge in [-0.15, -0.1) is 0 Å². The van der Waals surface area contributed by atoms with E-state index in [1.54, 1.807) is 6.20 Å². The fourth-order valence-electron chi connectivity index (χ4n) is 2.46. The Bertz CT molecular complexity index is 437. The lowest BCUT2D eigenvalue weighted by Crippen LogP contribution is -2.25. The number of aromatic nitrogens is 1. The van der Waals surface area contributed by atoms with Crippen LogP contribution in [-0.4, -0.2) is 16.9 Å². The number of hydrogen-bond acceptors (Lipinski definition) is 3. The van der Waals surface area contributed by atoms with E-state index in [1.807, 2.05) is 13.0 Å². The van der Waals surface area contributed by atoms with E-state index in [0.717, 1.165) is 24.3 Å². The van der Waals surface area contributed by atoms with Crippen LogP contribution in [0.1, 0.15) is 43.7 Å². The molecule has 0 amide bonds. The Morgan fingerprint density at radius 3 is 2.67 bits per heavy atom. The maximum absolute atomic E-state index is 7.62. The van der Waals surface area contributed by atoms with Gasteiger partial charge >= 0.3 is 0 Å². The van der Waals surface area contributed by atoms with Crippen molar-refractivity contribution in [2.45, 2.75) is 45.6 Å². The standard InChI is InChI=1S/C14H21N3O/c1-9-3-5-11(6-4-9)18-14-12(13(15)16)10(2)7-8-17-14/h7-9,11H,3-6H2,1-2H3,(H3,15,16). The second-order valence-corrected chi connectivity index (χ2v) is 5.22. The van der Waals surface area contributed by atoms with Gasteiger partial charge in [0.2, 0.25) is 5.88 Å². The van der Waals surface area contributed by atoms with E-state index in [-0.39, 0.29) is 11.9 Å². The summed E-state index contributed by atoms with van der Waals surface area (Å²) >= 11 is 0. The molecular weight excluding hydrogens is 226 g/mol. The van der Waals surface area contributed by atoms with Gasteiger partial charge in [0, 0.05) is 6.20 Å². The molecule has 18 heavy (non-hydrogen) atoms. The Morgan fingerprint density at radius 2 is 2.06 bits per heavy atom. The first-order valence-corrected chi connectivity index (χ1v) is 6.54. The molecule has 1 aliphatic rings. The molecule has 1 aromatic heterocycles. The first-order chi connectivity index (χ1) is 8.58. The summed E-state index contributed by atoms with van der Waals surface area (Å²) in [5.41, 5.74) is 7.18. The molecule has 1 aromatic rings. The molecule has 98 valence electrons. The number of nitrogens with two attached hydrogens (primary N) is 1. The van der Waals surface area contributed by atoms with Crippen LogP contribution in [0.25, 0.3) is 0 Å². The zero-order chi connectivity index (χ0) is 13.1. The van der Waals surface area contributed by atoms with Gasteiger partial charge in [-0.25, -0.2) is 4.98 Å². The molecule has 1 heterocycles. The van der Waals surface area contributed by atoms with Crippen molar-refractivity contribution in [1.29, 1.82) is 5.41 Å². The third-order valence-corrected chi connectivity index (χ3v) is 3.64. The third kappa shape index (κ3) is 2.81. The quantitative estimate of drug-likeness (QED) is 0.637. The number of ether oxygens (including phenoxy) is 1. The number of aryl methyl sites for hydroxylation is 1. The first-order valence-electron chi connectivity index (χ1n) is 6.54. The van der Waals surface area contributed by atoms with Gasteiger partial charge in [0.25, 0.3) is 0 Å². The second-order valence-electron chi connectivity index (χ2n) is 5.22. The van der Waals surface area contributed by atoms with E-state index in [0.29, 0.717) is 11.4 Å². The molecular formula is C14H21N3O. The fourth-order valence-corrected chi connectivity index (χ4v) is 2.46. The highest BCUT2D eigenvalue weighted by atomic mass is 16.5. The molecule has 3 N–H and O–H groups in total. The molecule has 0 radical (unpaired) electrons. The molecule has 0 atom stereocenters. The van der Waals surface area contributed by atoms with Crippen molar-refractivity contribution < 1.29 is 4.74 Å². The number of hydrogen-bond donors (Lipinski definition) is 2. The number of amidine groups is 1. The van der Waals surface area contributed by atoms with Crippen molar-refractivity contribution >= 4 is 5.84 Å². The highest BCUT2D eigenvalue weighted by molar-refractivity contribution is 5.98. The minimum Gasteiger partial charge on any atom is -0.474 e. The first kappa shape index (κ1) is 12.9. The molecule has 4 heteroatoms. The van der Waals surface area contributed by atoms with Gasteiger partial charge in [-0.3, -0.25) is 5.41 Å². The molecule has 0 bridgehead atoms. The zero-order valence-corrected chi connectivity index (χ0v) is 11.1. The molecule has 1 saturated carbocycles. The highest BCUT2D eigenvalue weighted by Gasteiger charge is 2.22. The average molecular weight is 247 g/mol.